The zero-order valence-corrected chi connectivity index (χ0v) is 18.5. The molecule has 1 heterocycles. The summed E-state index contributed by atoms with van der Waals surface area (Å²) in [6.45, 7) is 2.81. The Morgan fingerprint density at radius 2 is 1.94 bits per heavy atom. The van der Waals surface area contributed by atoms with Crippen LogP contribution in [0.4, 0.5) is 0 Å². The van der Waals surface area contributed by atoms with Crippen molar-refractivity contribution < 1.29 is 19.5 Å². The van der Waals surface area contributed by atoms with Crippen LogP contribution in [0, 0.1) is 12.8 Å². The van der Waals surface area contributed by atoms with Crippen LogP contribution in [0.25, 0.3) is 10.9 Å². The molecule has 1 fully saturated rings. The first-order chi connectivity index (χ1) is 15.6. The van der Waals surface area contributed by atoms with Gasteiger partial charge in [0.15, 0.2) is 6.61 Å². The van der Waals surface area contributed by atoms with Gasteiger partial charge in [-0.3, -0.25) is 0 Å². The van der Waals surface area contributed by atoms with E-state index in [2.05, 4.69) is 34.1 Å². The lowest BCUT2D eigenvalue weighted by Gasteiger charge is -2.23. The van der Waals surface area contributed by atoms with Crippen molar-refractivity contribution in [2.75, 3.05) is 13.2 Å². The predicted molar refractivity (Wildman–Crippen MR) is 125 cm³/mol. The molecule has 0 atom stereocenters. The second-order valence-electron chi connectivity index (χ2n) is 8.38. The summed E-state index contributed by atoms with van der Waals surface area (Å²) < 4.78 is 7.56. The third-order valence-corrected chi connectivity index (χ3v) is 6.08. The van der Waals surface area contributed by atoms with E-state index in [4.69, 9.17) is 14.7 Å². The van der Waals surface area contributed by atoms with Crippen LogP contribution in [-0.2, 0) is 16.2 Å². The fourth-order valence-corrected chi connectivity index (χ4v) is 4.44. The Labute approximate surface area is 188 Å². The van der Waals surface area contributed by atoms with E-state index in [0.717, 1.165) is 36.2 Å². The van der Waals surface area contributed by atoms with Crippen molar-refractivity contribution in [2.24, 2.45) is 11.1 Å². The van der Waals surface area contributed by atoms with E-state index in [1.807, 2.05) is 37.3 Å². The zero-order chi connectivity index (χ0) is 22.3. The number of hydrogen-bond acceptors (Lipinski definition) is 4. The molecule has 1 aliphatic rings. The Morgan fingerprint density at radius 1 is 1.12 bits per heavy atom. The largest absolute Gasteiger partial charge is 0.482 e. The highest BCUT2D eigenvalue weighted by atomic mass is 16.6. The van der Waals surface area contributed by atoms with Crippen LogP contribution in [0.15, 0.2) is 59.9 Å². The minimum Gasteiger partial charge on any atom is -0.482 e. The third kappa shape index (κ3) is 5.31. The Balaban J connectivity index is 1.48. The molecule has 1 aromatic heterocycles. The van der Waals surface area contributed by atoms with Gasteiger partial charge in [0.2, 0.25) is 0 Å². The number of carboxylic acid groups (broad SMARTS) is 1. The molecule has 32 heavy (non-hydrogen) atoms. The van der Waals surface area contributed by atoms with Crippen molar-refractivity contribution in [1.29, 1.82) is 0 Å². The number of aliphatic carboxylic acids is 1. The molecule has 0 unspecified atom stereocenters. The zero-order valence-electron chi connectivity index (χ0n) is 18.5. The number of oxime groups is 1. The average molecular weight is 435 g/mol. The van der Waals surface area contributed by atoms with Gasteiger partial charge in [-0.1, -0.05) is 42.6 Å². The lowest BCUT2D eigenvalue weighted by atomic mass is 9.83. The number of rotatable bonds is 9. The van der Waals surface area contributed by atoms with Crippen LogP contribution in [0.5, 0.6) is 5.75 Å². The molecule has 0 saturated heterocycles. The molecule has 2 aromatic carbocycles. The number of fused-ring (bicyclic) bond motifs is 1. The molecular formula is C26H30N2O4. The SMILES string of the molecule is Cc1cc(/C(=N\OCCn2ccc3ccccc32)C2CCCCC2)ccc1OCC(=O)O. The molecule has 1 N–H and O–H groups in total. The molecule has 1 aliphatic carbocycles. The second-order valence-corrected chi connectivity index (χ2v) is 8.38. The summed E-state index contributed by atoms with van der Waals surface area (Å²) in [5.74, 6) is -0.0253. The molecule has 3 aromatic rings. The van der Waals surface area contributed by atoms with Crippen molar-refractivity contribution in [3.05, 3.63) is 65.9 Å². The van der Waals surface area contributed by atoms with E-state index in [1.54, 1.807) is 0 Å². The fourth-order valence-electron chi connectivity index (χ4n) is 4.44. The van der Waals surface area contributed by atoms with Crippen LogP contribution in [0.3, 0.4) is 0 Å². The lowest BCUT2D eigenvalue weighted by Crippen LogP contribution is -2.20. The lowest BCUT2D eigenvalue weighted by molar-refractivity contribution is -0.139. The first kappa shape index (κ1) is 21.9. The standard InChI is InChI=1S/C26H30N2O4/c1-19-17-22(11-12-24(19)31-18-25(29)30)26(21-8-3-2-4-9-21)27-32-16-15-28-14-13-20-7-5-6-10-23(20)28/h5-7,10-14,17,21H,2-4,8-9,15-16,18H2,1H3,(H,29,30)/b27-26-. The number of nitrogens with zero attached hydrogens (tertiary/aromatic N) is 2. The smallest absolute Gasteiger partial charge is 0.341 e. The highest BCUT2D eigenvalue weighted by molar-refractivity contribution is 6.02. The molecule has 0 bridgehead atoms. The number of aromatic nitrogens is 1. The van der Waals surface area contributed by atoms with Gasteiger partial charge in [0.1, 0.15) is 12.4 Å². The molecule has 6 nitrogen and oxygen atoms in total. The van der Waals surface area contributed by atoms with Crippen LogP contribution in [-0.4, -0.2) is 34.6 Å². The molecule has 0 radical (unpaired) electrons. The maximum absolute atomic E-state index is 10.8. The van der Waals surface area contributed by atoms with E-state index in [0.29, 0.717) is 18.3 Å². The highest BCUT2D eigenvalue weighted by Crippen LogP contribution is 2.29. The third-order valence-electron chi connectivity index (χ3n) is 6.08. The molecule has 1 saturated carbocycles. The monoisotopic (exact) mass is 434 g/mol. The molecule has 6 heteroatoms. The van der Waals surface area contributed by atoms with E-state index >= 15 is 0 Å². The Kier molecular flexibility index (Phi) is 7.10. The minimum absolute atomic E-state index is 0.346. The van der Waals surface area contributed by atoms with Gasteiger partial charge in [-0.2, -0.15) is 0 Å². The van der Waals surface area contributed by atoms with Crippen LogP contribution < -0.4 is 4.74 Å². The Bertz CT molecular complexity index is 1100. The maximum atomic E-state index is 10.8. The quantitative estimate of drug-likeness (QED) is 0.277. The number of carboxylic acids is 1. The molecule has 4 rings (SSSR count). The highest BCUT2D eigenvalue weighted by Gasteiger charge is 2.22. The fraction of sp³-hybridized carbons (Fsp3) is 0.385. The summed E-state index contributed by atoms with van der Waals surface area (Å²) in [5.41, 5.74) is 4.09. The Hall–Kier alpha value is -3.28. The van der Waals surface area contributed by atoms with Gasteiger partial charge in [0.25, 0.3) is 0 Å². The van der Waals surface area contributed by atoms with Crippen molar-refractivity contribution in [3.8, 4) is 5.75 Å². The van der Waals surface area contributed by atoms with Crippen molar-refractivity contribution in [3.63, 3.8) is 0 Å². The van der Waals surface area contributed by atoms with E-state index < -0.39 is 5.97 Å². The number of hydrogen-bond donors (Lipinski definition) is 1. The van der Waals surface area contributed by atoms with Crippen LogP contribution in [0.2, 0.25) is 0 Å². The number of ether oxygens (including phenoxy) is 1. The summed E-state index contributed by atoms with van der Waals surface area (Å²) in [6, 6.07) is 16.2. The van der Waals surface area contributed by atoms with Gasteiger partial charge in [0.05, 0.1) is 12.3 Å². The topological polar surface area (TPSA) is 73.0 Å². The van der Waals surface area contributed by atoms with Gasteiger partial charge in [-0.25, -0.2) is 4.79 Å². The van der Waals surface area contributed by atoms with E-state index in [-0.39, 0.29) is 6.61 Å². The normalized spacial score (nSPS) is 15.1. The van der Waals surface area contributed by atoms with E-state index in [9.17, 15) is 4.79 Å². The molecule has 0 amide bonds. The van der Waals surface area contributed by atoms with E-state index in [1.165, 1.54) is 30.2 Å². The molecule has 168 valence electrons. The summed E-state index contributed by atoms with van der Waals surface area (Å²) in [7, 11) is 0. The predicted octanol–water partition coefficient (Wildman–Crippen LogP) is 5.41. The van der Waals surface area contributed by atoms with Gasteiger partial charge in [-0.05, 0) is 61.0 Å². The number of aryl methyl sites for hydroxylation is 1. The van der Waals surface area contributed by atoms with Gasteiger partial charge in [-0.15, -0.1) is 0 Å². The molecule has 0 aliphatic heterocycles. The summed E-state index contributed by atoms with van der Waals surface area (Å²) in [4.78, 5) is 16.6. The van der Waals surface area contributed by atoms with Crippen molar-refractivity contribution >= 4 is 22.6 Å². The average Bonchev–Trinajstić information content (AvgIpc) is 3.22. The van der Waals surface area contributed by atoms with Crippen molar-refractivity contribution in [2.45, 2.75) is 45.6 Å². The second kappa shape index (κ2) is 10.4. The van der Waals surface area contributed by atoms with Crippen molar-refractivity contribution in [1.82, 2.24) is 4.57 Å². The first-order valence-corrected chi connectivity index (χ1v) is 11.3. The van der Waals surface area contributed by atoms with Gasteiger partial charge < -0.3 is 19.2 Å². The summed E-state index contributed by atoms with van der Waals surface area (Å²) >= 11 is 0. The maximum Gasteiger partial charge on any atom is 0.341 e. The number of para-hydroxylation sites is 1. The molecular weight excluding hydrogens is 404 g/mol. The van der Waals surface area contributed by atoms with Crippen LogP contribution >= 0.6 is 0 Å². The first-order valence-electron chi connectivity index (χ1n) is 11.3. The molecule has 0 spiro atoms. The minimum atomic E-state index is -0.984. The summed E-state index contributed by atoms with van der Waals surface area (Å²) in [5, 5.41) is 14.7. The van der Waals surface area contributed by atoms with Crippen LogP contribution in [0.1, 0.15) is 43.2 Å². The van der Waals surface area contributed by atoms with Gasteiger partial charge in [0, 0.05) is 23.2 Å². The Morgan fingerprint density at radius 3 is 2.72 bits per heavy atom. The number of benzene rings is 2. The summed E-state index contributed by atoms with van der Waals surface area (Å²) in [6.07, 6.45) is 7.99. The number of carbonyl (C=O) groups is 1. The van der Waals surface area contributed by atoms with Gasteiger partial charge >= 0.3 is 5.97 Å².